The number of hydrogen-bond acceptors (Lipinski definition) is 2. The van der Waals surface area contributed by atoms with Gasteiger partial charge < -0.3 is 10.1 Å². The highest BCUT2D eigenvalue weighted by Crippen LogP contribution is 2.41. The maximum Gasteiger partial charge on any atom is 0.0697 e. The first kappa shape index (κ1) is 13.9. The number of nitrogens with one attached hydrogen (secondary N) is 1. The third kappa shape index (κ3) is 3.00. The molecule has 0 bridgehead atoms. The van der Waals surface area contributed by atoms with Crippen LogP contribution in [0.5, 0.6) is 0 Å². The average molecular weight is 265 g/mol. The summed E-state index contributed by atoms with van der Waals surface area (Å²) in [5.74, 6) is 0. The van der Waals surface area contributed by atoms with Crippen molar-refractivity contribution in [3.05, 3.63) is 0 Å². The molecule has 1 spiro atoms. The van der Waals surface area contributed by atoms with Gasteiger partial charge in [-0.3, -0.25) is 0 Å². The Labute approximate surface area is 118 Å². The molecule has 1 saturated heterocycles. The topological polar surface area (TPSA) is 21.3 Å². The minimum atomic E-state index is 0.259. The zero-order valence-electron chi connectivity index (χ0n) is 12.8. The van der Waals surface area contributed by atoms with Gasteiger partial charge in [-0.25, -0.2) is 0 Å². The third-order valence-corrected chi connectivity index (χ3v) is 5.95. The second-order valence-electron chi connectivity index (χ2n) is 7.88. The molecule has 0 radical (unpaired) electrons. The molecule has 1 N–H and O–H groups in total. The van der Waals surface area contributed by atoms with Crippen molar-refractivity contribution in [2.45, 2.75) is 95.7 Å². The van der Waals surface area contributed by atoms with E-state index in [-0.39, 0.29) is 5.60 Å². The van der Waals surface area contributed by atoms with Crippen molar-refractivity contribution in [2.75, 3.05) is 6.61 Å². The highest BCUT2D eigenvalue weighted by atomic mass is 16.5. The second-order valence-corrected chi connectivity index (χ2v) is 7.88. The number of ether oxygens (including phenoxy) is 1. The van der Waals surface area contributed by atoms with Gasteiger partial charge in [0.15, 0.2) is 0 Å². The molecule has 3 rings (SSSR count). The number of rotatable bonds is 2. The quantitative estimate of drug-likeness (QED) is 0.813. The Hall–Kier alpha value is -0.0800. The fraction of sp³-hybridized carbons (Fsp3) is 1.00. The van der Waals surface area contributed by atoms with Crippen LogP contribution in [0.4, 0.5) is 0 Å². The van der Waals surface area contributed by atoms with Gasteiger partial charge in [-0.15, -0.1) is 0 Å². The standard InChI is InChI=1S/C17H31NO/c1-16(2)9-4-3-7-15(16)18-14-8-12-19-17(13-14)10-5-6-11-17/h14-15,18H,3-13H2,1-2H3. The monoisotopic (exact) mass is 265 g/mol. The highest BCUT2D eigenvalue weighted by molar-refractivity contribution is 4.96. The van der Waals surface area contributed by atoms with Crippen LogP contribution in [0.3, 0.4) is 0 Å². The third-order valence-electron chi connectivity index (χ3n) is 5.95. The minimum absolute atomic E-state index is 0.259. The normalized spacial score (nSPS) is 37.6. The number of hydrogen-bond donors (Lipinski definition) is 1. The van der Waals surface area contributed by atoms with E-state index in [1.54, 1.807) is 0 Å². The first-order chi connectivity index (χ1) is 9.10. The van der Waals surface area contributed by atoms with Crippen LogP contribution in [-0.4, -0.2) is 24.3 Å². The van der Waals surface area contributed by atoms with E-state index in [9.17, 15) is 0 Å². The molecule has 0 amide bonds. The molecule has 2 heteroatoms. The molecule has 3 aliphatic rings. The van der Waals surface area contributed by atoms with Crippen molar-refractivity contribution in [2.24, 2.45) is 5.41 Å². The Kier molecular flexibility index (Phi) is 3.92. The van der Waals surface area contributed by atoms with E-state index in [1.165, 1.54) is 64.2 Å². The van der Waals surface area contributed by atoms with Crippen molar-refractivity contribution in [3.63, 3.8) is 0 Å². The van der Waals surface area contributed by atoms with Crippen LogP contribution in [-0.2, 0) is 4.74 Å². The molecule has 3 fully saturated rings. The Bertz CT molecular complexity index is 306. The first-order valence-electron chi connectivity index (χ1n) is 8.50. The zero-order chi connectivity index (χ0) is 13.3. The lowest BCUT2D eigenvalue weighted by Crippen LogP contribution is -2.53. The van der Waals surface area contributed by atoms with Crippen LogP contribution < -0.4 is 5.32 Å². The molecule has 2 saturated carbocycles. The van der Waals surface area contributed by atoms with Gasteiger partial charge in [-0.1, -0.05) is 39.5 Å². The van der Waals surface area contributed by atoms with Gasteiger partial charge in [0.05, 0.1) is 5.60 Å². The van der Waals surface area contributed by atoms with E-state index in [0.29, 0.717) is 11.5 Å². The van der Waals surface area contributed by atoms with Crippen LogP contribution in [0.2, 0.25) is 0 Å². The summed E-state index contributed by atoms with van der Waals surface area (Å²) in [6.45, 7) is 5.88. The lowest BCUT2D eigenvalue weighted by atomic mass is 9.72. The van der Waals surface area contributed by atoms with Gasteiger partial charge in [-0.05, 0) is 43.9 Å². The van der Waals surface area contributed by atoms with E-state index >= 15 is 0 Å². The van der Waals surface area contributed by atoms with Crippen LogP contribution in [0.15, 0.2) is 0 Å². The highest BCUT2D eigenvalue weighted by Gasteiger charge is 2.41. The van der Waals surface area contributed by atoms with Crippen molar-refractivity contribution in [1.82, 2.24) is 5.32 Å². The predicted octanol–water partition coefficient (Wildman–Crippen LogP) is 4.04. The van der Waals surface area contributed by atoms with Gasteiger partial charge in [0, 0.05) is 18.7 Å². The van der Waals surface area contributed by atoms with Crippen LogP contribution >= 0.6 is 0 Å². The molecule has 2 nitrogen and oxygen atoms in total. The summed E-state index contributed by atoms with van der Waals surface area (Å²) < 4.78 is 6.16. The van der Waals surface area contributed by atoms with Gasteiger partial charge in [-0.2, -0.15) is 0 Å². The van der Waals surface area contributed by atoms with Gasteiger partial charge in [0.1, 0.15) is 0 Å². The van der Waals surface area contributed by atoms with Crippen molar-refractivity contribution >= 4 is 0 Å². The fourth-order valence-corrected chi connectivity index (χ4v) is 4.63. The van der Waals surface area contributed by atoms with E-state index in [1.807, 2.05) is 0 Å². The molecule has 0 aromatic rings. The van der Waals surface area contributed by atoms with E-state index in [4.69, 9.17) is 4.74 Å². The van der Waals surface area contributed by atoms with Crippen molar-refractivity contribution < 1.29 is 4.74 Å². The molecule has 19 heavy (non-hydrogen) atoms. The average Bonchev–Trinajstić information content (AvgIpc) is 2.80. The summed E-state index contributed by atoms with van der Waals surface area (Å²) in [6, 6.07) is 1.43. The van der Waals surface area contributed by atoms with Crippen molar-refractivity contribution in [3.8, 4) is 0 Å². The minimum Gasteiger partial charge on any atom is -0.375 e. The predicted molar refractivity (Wildman–Crippen MR) is 79.3 cm³/mol. The van der Waals surface area contributed by atoms with E-state index < -0.39 is 0 Å². The van der Waals surface area contributed by atoms with Crippen LogP contribution in [0.1, 0.15) is 78.1 Å². The fourth-order valence-electron chi connectivity index (χ4n) is 4.63. The Morgan fingerprint density at radius 3 is 2.42 bits per heavy atom. The first-order valence-corrected chi connectivity index (χ1v) is 8.50. The molecule has 0 aromatic heterocycles. The Morgan fingerprint density at radius 2 is 1.68 bits per heavy atom. The zero-order valence-corrected chi connectivity index (χ0v) is 12.8. The van der Waals surface area contributed by atoms with Gasteiger partial charge >= 0.3 is 0 Å². The van der Waals surface area contributed by atoms with Crippen LogP contribution in [0, 0.1) is 5.41 Å². The SMILES string of the molecule is CC1(C)CCCCC1NC1CCOC2(CCCC2)C1. The second kappa shape index (κ2) is 5.37. The summed E-state index contributed by atoms with van der Waals surface area (Å²) in [5.41, 5.74) is 0.744. The Balaban J connectivity index is 1.59. The summed E-state index contributed by atoms with van der Waals surface area (Å²) in [4.78, 5) is 0. The summed E-state index contributed by atoms with van der Waals surface area (Å²) in [5, 5.41) is 4.02. The van der Waals surface area contributed by atoms with Gasteiger partial charge in [0.25, 0.3) is 0 Å². The molecule has 2 unspecified atom stereocenters. The molecule has 2 aliphatic carbocycles. The summed E-state index contributed by atoms with van der Waals surface area (Å²) >= 11 is 0. The molecule has 0 aromatic carbocycles. The van der Waals surface area contributed by atoms with E-state index in [2.05, 4.69) is 19.2 Å². The van der Waals surface area contributed by atoms with Crippen molar-refractivity contribution in [1.29, 1.82) is 0 Å². The Morgan fingerprint density at radius 1 is 0.947 bits per heavy atom. The van der Waals surface area contributed by atoms with Crippen LogP contribution in [0.25, 0.3) is 0 Å². The molecule has 1 aliphatic heterocycles. The summed E-state index contributed by atoms with van der Waals surface area (Å²) in [6.07, 6.45) is 13.4. The smallest absolute Gasteiger partial charge is 0.0697 e. The molecule has 110 valence electrons. The molecular formula is C17H31NO. The lowest BCUT2D eigenvalue weighted by molar-refractivity contribution is -0.0869. The summed E-state index contributed by atoms with van der Waals surface area (Å²) in [7, 11) is 0. The lowest BCUT2D eigenvalue weighted by Gasteiger charge is -2.45. The molecule has 2 atom stereocenters. The van der Waals surface area contributed by atoms with E-state index in [0.717, 1.165) is 12.6 Å². The maximum absolute atomic E-state index is 6.16. The maximum atomic E-state index is 6.16. The van der Waals surface area contributed by atoms with Gasteiger partial charge in [0.2, 0.25) is 0 Å². The largest absolute Gasteiger partial charge is 0.375 e. The molecule has 1 heterocycles. The molecular weight excluding hydrogens is 234 g/mol.